The maximum absolute atomic E-state index is 12.0. The molecule has 1 aromatic heterocycles. The molecule has 1 aliphatic heterocycles. The summed E-state index contributed by atoms with van der Waals surface area (Å²) in [5.41, 5.74) is 6.07. The van der Waals surface area contributed by atoms with Crippen molar-refractivity contribution >= 4 is 11.8 Å². The molecule has 1 atom stereocenters. The molecule has 2 amide bonds. The van der Waals surface area contributed by atoms with Crippen LogP contribution in [0, 0.1) is 6.92 Å². The Bertz CT molecular complexity index is 442. The second kappa shape index (κ2) is 4.52. The Balaban J connectivity index is 2.05. The number of carbonyl (C=O) groups excluding carboxylic acids is 2. The van der Waals surface area contributed by atoms with E-state index in [1.807, 2.05) is 6.92 Å². The molecule has 1 aromatic rings. The molecule has 1 unspecified atom stereocenters. The second-order valence-corrected chi connectivity index (χ2v) is 4.18. The summed E-state index contributed by atoms with van der Waals surface area (Å²) in [5.74, 6) is -0.578. The Labute approximate surface area is 98.6 Å². The fraction of sp³-hybridized carbons (Fsp3) is 0.600. The molecule has 2 N–H and O–H groups in total. The quantitative estimate of drug-likeness (QED) is 0.734. The Morgan fingerprint density at radius 2 is 2.35 bits per heavy atom. The van der Waals surface area contributed by atoms with Crippen molar-refractivity contribution in [2.45, 2.75) is 32.4 Å². The third-order valence-electron chi connectivity index (χ3n) is 3.00. The normalized spacial score (nSPS) is 19.6. The molecule has 0 spiro atoms. The summed E-state index contributed by atoms with van der Waals surface area (Å²) >= 11 is 0. The van der Waals surface area contributed by atoms with E-state index in [4.69, 9.17) is 5.73 Å². The van der Waals surface area contributed by atoms with Crippen LogP contribution in [-0.2, 0) is 16.1 Å². The molecule has 1 saturated heterocycles. The molecule has 1 fully saturated rings. The fourth-order valence-electron chi connectivity index (χ4n) is 2.05. The van der Waals surface area contributed by atoms with Gasteiger partial charge >= 0.3 is 0 Å². The summed E-state index contributed by atoms with van der Waals surface area (Å²) in [5, 5.41) is 7.51. The molecule has 0 radical (unpaired) electrons. The summed E-state index contributed by atoms with van der Waals surface area (Å²) in [6.07, 6.45) is 3.05. The lowest BCUT2D eigenvalue weighted by atomic mass is 10.2. The molecule has 7 heteroatoms. The SMILES string of the molecule is Cc1cnnn1CC(=O)N1CCCC1C(N)=O. The highest BCUT2D eigenvalue weighted by Gasteiger charge is 2.32. The highest BCUT2D eigenvalue weighted by atomic mass is 16.2. The average molecular weight is 237 g/mol. The van der Waals surface area contributed by atoms with Crippen LogP contribution in [0.25, 0.3) is 0 Å². The van der Waals surface area contributed by atoms with Gasteiger partial charge in [-0.25, -0.2) is 4.68 Å². The van der Waals surface area contributed by atoms with Gasteiger partial charge in [0.15, 0.2) is 0 Å². The third-order valence-corrected chi connectivity index (χ3v) is 3.00. The molecule has 0 aromatic carbocycles. The van der Waals surface area contributed by atoms with Gasteiger partial charge in [-0.1, -0.05) is 5.21 Å². The van der Waals surface area contributed by atoms with Crippen molar-refractivity contribution < 1.29 is 9.59 Å². The number of amides is 2. The van der Waals surface area contributed by atoms with Crippen molar-refractivity contribution in [3.63, 3.8) is 0 Å². The van der Waals surface area contributed by atoms with Gasteiger partial charge in [0.25, 0.3) is 0 Å². The van der Waals surface area contributed by atoms with Gasteiger partial charge in [0, 0.05) is 6.54 Å². The minimum absolute atomic E-state index is 0.107. The number of rotatable bonds is 3. The van der Waals surface area contributed by atoms with E-state index in [0.29, 0.717) is 13.0 Å². The van der Waals surface area contributed by atoms with Crippen molar-refractivity contribution in [1.29, 1.82) is 0 Å². The molecule has 0 aliphatic carbocycles. The van der Waals surface area contributed by atoms with Gasteiger partial charge in [-0.05, 0) is 19.8 Å². The Morgan fingerprint density at radius 1 is 1.59 bits per heavy atom. The van der Waals surface area contributed by atoms with Gasteiger partial charge in [0.1, 0.15) is 12.6 Å². The van der Waals surface area contributed by atoms with Gasteiger partial charge in [-0.2, -0.15) is 0 Å². The number of hydrogen-bond acceptors (Lipinski definition) is 4. The number of likely N-dealkylation sites (tertiary alicyclic amines) is 1. The molecule has 1 aliphatic rings. The van der Waals surface area contributed by atoms with Crippen LogP contribution in [0.1, 0.15) is 18.5 Å². The van der Waals surface area contributed by atoms with E-state index in [1.165, 1.54) is 9.58 Å². The van der Waals surface area contributed by atoms with Crippen LogP contribution < -0.4 is 5.73 Å². The van der Waals surface area contributed by atoms with Crippen molar-refractivity contribution in [2.75, 3.05) is 6.54 Å². The number of nitrogens with two attached hydrogens (primary N) is 1. The lowest BCUT2D eigenvalue weighted by molar-refractivity contribution is -0.138. The van der Waals surface area contributed by atoms with Gasteiger partial charge in [0.2, 0.25) is 11.8 Å². The minimum Gasteiger partial charge on any atom is -0.368 e. The average Bonchev–Trinajstić information content (AvgIpc) is 2.87. The first-order chi connectivity index (χ1) is 8.09. The van der Waals surface area contributed by atoms with Crippen molar-refractivity contribution in [2.24, 2.45) is 5.73 Å². The molecule has 0 saturated carbocycles. The molecular weight excluding hydrogens is 222 g/mol. The van der Waals surface area contributed by atoms with Crippen LogP contribution in [0.5, 0.6) is 0 Å². The molecule has 0 bridgehead atoms. The van der Waals surface area contributed by atoms with Crippen LogP contribution in [0.2, 0.25) is 0 Å². The molecule has 17 heavy (non-hydrogen) atoms. The van der Waals surface area contributed by atoms with Crippen LogP contribution in [-0.4, -0.2) is 44.3 Å². The predicted octanol–water partition coefficient (Wildman–Crippen LogP) is -0.937. The van der Waals surface area contributed by atoms with E-state index in [2.05, 4.69) is 10.3 Å². The topological polar surface area (TPSA) is 94.1 Å². The standard InChI is InChI=1S/C10H15N5O2/c1-7-5-12-13-15(7)6-9(16)14-4-2-3-8(14)10(11)17/h5,8H,2-4,6H2,1H3,(H2,11,17). The number of aromatic nitrogens is 3. The lowest BCUT2D eigenvalue weighted by Crippen LogP contribution is -2.45. The molecule has 92 valence electrons. The van der Waals surface area contributed by atoms with E-state index in [-0.39, 0.29) is 12.5 Å². The van der Waals surface area contributed by atoms with Crippen LogP contribution in [0.15, 0.2) is 6.20 Å². The third kappa shape index (κ3) is 2.27. The van der Waals surface area contributed by atoms with E-state index in [1.54, 1.807) is 6.20 Å². The number of aryl methyl sites for hydroxylation is 1. The predicted molar refractivity (Wildman–Crippen MR) is 58.7 cm³/mol. The second-order valence-electron chi connectivity index (χ2n) is 4.18. The molecular formula is C10H15N5O2. The monoisotopic (exact) mass is 237 g/mol. The number of carbonyl (C=O) groups is 2. The summed E-state index contributed by atoms with van der Waals surface area (Å²) in [6.45, 7) is 2.51. The van der Waals surface area contributed by atoms with Gasteiger partial charge in [0.05, 0.1) is 11.9 Å². The molecule has 7 nitrogen and oxygen atoms in total. The van der Waals surface area contributed by atoms with E-state index < -0.39 is 11.9 Å². The molecule has 2 rings (SSSR count). The first-order valence-corrected chi connectivity index (χ1v) is 5.53. The van der Waals surface area contributed by atoms with E-state index >= 15 is 0 Å². The van der Waals surface area contributed by atoms with Gasteiger partial charge in [-0.3, -0.25) is 9.59 Å². The first kappa shape index (κ1) is 11.6. The number of nitrogens with zero attached hydrogens (tertiary/aromatic N) is 4. The zero-order chi connectivity index (χ0) is 12.4. The zero-order valence-corrected chi connectivity index (χ0v) is 9.67. The Morgan fingerprint density at radius 3 is 2.94 bits per heavy atom. The highest BCUT2D eigenvalue weighted by molar-refractivity contribution is 5.87. The Kier molecular flexibility index (Phi) is 3.08. The minimum atomic E-state index is -0.466. The van der Waals surface area contributed by atoms with Crippen molar-refractivity contribution in [3.8, 4) is 0 Å². The van der Waals surface area contributed by atoms with Crippen LogP contribution >= 0.6 is 0 Å². The maximum Gasteiger partial charge on any atom is 0.245 e. The van der Waals surface area contributed by atoms with E-state index in [9.17, 15) is 9.59 Å². The van der Waals surface area contributed by atoms with Gasteiger partial charge < -0.3 is 10.6 Å². The molecule has 2 heterocycles. The van der Waals surface area contributed by atoms with Crippen molar-refractivity contribution in [1.82, 2.24) is 19.9 Å². The summed E-state index contributed by atoms with van der Waals surface area (Å²) in [4.78, 5) is 24.7. The summed E-state index contributed by atoms with van der Waals surface area (Å²) in [6, 6.07) is -0.466. The highest BCUT2D eigenvalue weighted by Crippen LogP contribution is 2.17. The van der Waals surface area contributed by atoms with Crippen LogP contribution in [0.4, 0.5) is 0 Å². The first-order valence-electron chi connectivity index (χ1n) is 5.53. The zero-order valence-electron chi connectivity index (χ0n) is 9.67. The summed E-state index contributed by atoms with van der Waals surface area (Å²) < 4.78 is 1.51. The number of primary amides is 1. The van der Waals surface area contributed by atoms with Crippen LogP contribution in [0.3, 0.4) is 0 Å². The van der Waals surface area contributed by atoms with E-state index in [0.717, 1.165) is 12.1 Å². The Hall–Kier alpha value is -1.92. The lowest BCUT2D eigenvalue weighted by Gasteiger charge is -2.22. The number of hydrogen-bond donors (Lipinski definition) is 1. The smallest absolute Gasteiger partial charge is 0.245 e. The van der Waals surface area contributed by atoms with Gasteiger partial charge in [-0.15, -0.1) is 5.10 Å². The van der Waals surface area contributed by atoms with Crippen molar-refractivity contribution in [3.05, 3.63) is 11.9 Å². The fourth-order valence-corrected chi connectivity index (χ4v) is 2.05. The largest absolute Gasteiger partial charge is 0.368 e. The summed E-state index contributed by atoms with van der Waals surface area (Å²) in [7, 11) is 0. The maximum atomic E-state index is 12.0.